The SMILES string of the molecule is Nc1ccc2oc(-c3cc(-c4cnn(C5CCNCC5)c4)cnc3N)nc2c1.O=C(O)C(F)(F)F.O=C(O)C(F)(F)F.O=C(O)C(F)(F)F. The summed E-state index contributed by atoms with van der Waals surface area (Å²) in [6, 6.07) is 7.74. The number of alkyl halides is 9. The molecule has 1 aliphatic rings. The Bertz CT molecular complexity index is 1690. The van der Waals surface area contributed by atoms with E-state index in [0.29, 0.717) is 40.1 Å². The van der Waals surface area contributed by atoms with Gasteiger partial charge in [-0.05, 0) is 50.2 Å². The van der Waals surface area contributed by atoms with E-state index >= 15 is 0 Å². The van der Waals surface area contributed by atoms with Crippen molar-refractivity contribution in [1.82, 2.24) is 25.1 Å². The Labute approximate surface area is 267 Å². The topological polar surface area (TPSA) is 233 Å². The maximum Gasteiger partial charge on any atom is 0.490 e. The molecule has 0 saturated carbocycles. The molecular formula is C26H24F9N7O7. The van der Waals surface area contributed by atoms with Gasteiger partial charge in [0.05, 0.1) is 17.8 Å². The van der Waals surface area contributed by atoms with Gasteiger partial charge in [-0.25, -0.2) is 24.4 Å². The number of nitrogens with one attached hydrogen (secondary N) is 1. The van der Waals surface area contributed by atoms with Crippen molar-refractivity contribution in [2.24, 2.45) is 0 Å². The number of fused-ring (bicyclic) bond motifs is 1. The van der Waals surface area contributed by atoms with Crippen LogP contribution in [0.4, 0.5) is 51.0 Å². The van der Waals surface area contributed by atoms with Crippen LogP contribution in [0.1, 0.15) is 18.9 Å². The largest absolute Gasteiger partial charge is 0.490 e. The van der Waals surface area contributed by atoms with E-state index in [4.69, 9.17) is 45.6 Å². The minimum Gasteiger partial charge on any atom is -0.475 e. The molecule has 5 rings (SSSR count). The summed E-state index contributed by atoms with van der Waals surface area (Å²) in [6.45, 7) is 2.05. The molecule has 3 aromatic heterocycles. The second kappa shape index (κ2) is 16.0. The number of carbonyl (C=O) groups is 3. The van der Waals surface area contributed by atoms with Gasteiger partial charge < -0.3 is 36.5 Å². The number of aromatic nitrogens is 4. The number of nitrogens with two attached hydrogens (primary N) is 2. The van der Waals surface area contributed by atoms with Crippen LogP contribution < -0.4 is 16.8 Å². The van der Waals surface area contributed by atoms with Crippen molar-refractivity contribution in [2.45, 2.75) is 37.4 Å². The monoisotopic (exact) mass is 717 g/mol. The van der Waals surface area contributed by atoms with E-state index in [1.54, 1.807) is 24.4 Å². The molecule has 8 N–H and O–H groups in total. The van der Waals surface area contributed by atoms with Crippen LogP contribution in [0.2, 0.25) is 0 Å². The first-order valence-corrected chi connectivity index (χ1v) is 13.1. The Hall–Kier alpha value is -5.61. The molecule has 4 heterocycles. The molecule has 4 aromatic rings. The van der Waals surface area contributed by atoms with E-state index in [2.05, 4.69) is 31.3 Å². The lowest BCUT2D eigenvalue weighted by atomic mass is 10.1. The van der Waals surface area contributed by atoms with E-state index in [-0.39, 0.29) is 0 Å². The number of aliphatic carboxylic acids is 3. The molecule has 1 saturated heterocycles. The van der Waals surface area contributed by atoms with E-state index in [0.717, 1.165) is 37.1 Å². The fraction of sp³-hybridized carbons (Fsp3) is 0.308. The van der Waals surface area contributed by atoms with Gasteiger partial charge in [0.25, 0.3) is 0 Å². The second-order valence-electron chi connectivity index (χ2n) is 9.50. The van der Waals surface area contributed by atoms with Crippen molar-refractivity contribution in [3.8, 4) is 22.6 Å². The van der Waals surface area contributed by atoms with Crippen molar-refractivity contribution in [3.63, 3.8) is 0 Å². The van der Waals surface area contributed by atoms with E-state index in [1.807, 2.05) is 12.3 Å². The number of anilines is 2. The fourth-order valence-corrected chi connectivity index (χ4v) is 3.62. The first-order chi connectivity index (χ1) is 22.5. The van der Waals surface area contributed by atoms with E-state index < -0.39 is 36.4 Å². The molecule has 0 bridgehead atoms. The number of hydrogen-bond acceptors (Lipinski definition) is 10. The highest BCUT2D eigenvalue weighted by Crippen LogP contribution is 2.32. The third-order valence-corrected chi connectivity index (χ3v) is 5.91. The maximum absolute atomic E-state index is 10.6. The highest BCUT2D eigenvalue weighted by molar-refractivity contribution is 5.82. The maximum atomic E-state index is 10.6. The highest BCUT2D eigenvalue weighted by atomic mass is 19.4. The number of halogens is 9. The quantitative estimate of drug-likeness (QED) is 0.124. The molecule has 49 heavy (non-hydrogen) atoms. The fourth-order valence-electron chi connectivity index (χ4n) is 3.62. The summed E-state index contributed by atoms with van der Waals surface area (Å²) in [6.07, 6.45) is -7.40. The number of carboxylic acids is 3. The molecule has 0 atom stereocenters. The van der Waals surface area contributed by atoms with Gasteiger partial charge in [0.15, 0.2) is 5.58 Å². The van der Waals surface area contributed by atoms with Crippen LogP contribution in [0.15, 0.2) is 47.3 Å². The Morgan fingerprint density at radius 2 is 1.33 bits per heavy atom. The molecule has 1 aromatic carbocycles. The summed E-state index contributed by atoms with van der Waals surface area (Å²) in [7, 11) is 0. The number of piperidine rings is 1. The molecule has 23 heteroatoms. The van der Waals surface area contributed by atoms with Gasteiger partial charge in [-0.3, -0.25) is 4.68 Å². The molecule has 0 spiro atoms. The van der Waals surface area contributed by atoms with Gasteiger partial charge in [-0.2, -0.15) is 44.6 Å². The van der Waals surface area contributed by atoms with E-state index in [1.165, 1.54) is 0 Å². The predicted molar refractivity (Wildman–Crippen MR) is 149 cm³/mol. The lowest BCUT2D eigenvalue weighted by Gasteiger charge is -2.22. The van der Waals surface area contributed by atoms with Crippen molar-refractivity contribution < 1.29 is 73.6 Å². The zero-order chi connectivity index (χ0) is 37.3. The average molecular weight is 718 g/mol. The Morgan fingerprint density at radius 1 is 0.816 bits per heavy atom. The summed E-state index contributed by atoms with van der Waals surface area (Å²) in [5.41, 5.74) is 16.5. The van der Waals surface area contributed by atoms with Crippen LogP contribution in [-0.4, -0.2) is 84.6 Å². The third kappa shape index (κ3) is 12.2. The molecule has 0 aliphatic carbocycles. The first kappa shape index (κ1) is 39.6. The zero-order valence-electron chi connectivity index (χ0n) is 24.3. The molecule has 1 fully saturated rings. The Morgan fingerprint density at radius 3 is 1.82 bits per heavy atom. The lowest BCUT2D eigenvalue weighted by Crippen LogP contribution is -2.29. The molecule has 268 valence electrons. The van der Waals surface area contributed by atoms with Crippen LogP contribution in [0, 0.1) is 0 Å². The van der Waals surface area contributed by atoms with Gasteiger partial charge >= 0.3 is 36.4 Å². The van der Waals surface area contributed by atoms with Crippen LogP contribution in [0.5, 0.6) is 0 Å². The molecule has 14 nitrogen and oxygen atoms in total. The molecule has 0 radical (unpaired) electrons. The lowest BCUT2D eigenvalue weighted by molar-refractivity contribution is -0.193. The number of rotatable bonds is 3. The average Bonchev–Trinajstić information content (AvgIpc) is 3.65. The van der Waals surface area contributed by atoms with Crippen LogP contribution >= 0.6 is 0 Å². The summed E-state index contributed by atoms with van der Waals surface area (Å²) in [5, 5.41) is 29.3. The van der Waals surface area contributed by atoms with Gasteiger partial charge in [-0.15, -0.1) is 0 Å². The second-order valence-corrected chi connectivity index (χ2v) is 9.50. The minimum absolute atomic E-state index is 0.369. The van der Waals surface area contributed by atoms with Gasteiger partial charge in [0.1, 0.15) is 11.3 Å². The summed E-state index contributed by atoms with van der Waals surface area (Å²) in [4.78, 5) is 35.6. The van der Waals surface area contributed by atoms with Gasteiger partial charge in [0.2, 0.25) is 5.89 Å². The first-order valence-electron chi connectivity index (χ1n) is 13.1. The van der Waals surface area contributed by atoms with Gasteiger partial charge in [0, 0.05) is 29.2 Å². The number of carboxylic acid groups (broad SMARTS) is 3. The number of nitrogen functional groups attached to an aromatic ring is 2. The van der Waals surface area contributed by atoms with Crippen molar-refractivity contribution in [3.05, 3.63) is 42.9 Å². The number of oxazole rings is 1. The zero-order valence-corrected chi connectivity index (χ0v) is 24.3. The standard InChI is InChI=1S/C20H21N7O.3C2HF3O2/c21-14-1-2-18-17(8-14)26-20(28-18)16-7-12(9-24-19(16)22)13-10-25-27(11-13)15-3-5-23-6-4-15;3*3-2(4,5)1(6)7/h1-2,7-11,15,23H,3-6,21H2,(H2,22,24);3*(H,6,7). The number of nitrogens with zero attached hydrogens (tertiary/aromatic N) is 4. The Balaban J connectivity index is 0.000000325. The summed E-state index contributed by atoms with van der Waals surface area (Å²) in [5.74, 6) is -7.47. The van der Waals surface area contributed by atoms with Crippen molar-refractivity contribution >= 4 is 40.5 Å². The number of hydrogen-bond donors (Lipinski definition) is 6. The Kier molecular flexibility index (Phi) is 12.9. The number of pyridine rings is 1. The van der Waals surface area contributed by atoms with Crippen LogP contribution in [0.25, 0.3) is 33.7 Å². The number of benzene rings is 1. The molecule has 0 unspecified atom stereocenters. The molecular weight excluding hydrogens is 693 g/mol. The van der Waals surface area contributed by atoms with E-state index in [9.17, 15) is 39.5 Å². The van der Waals surface area contributed by atoms with Crippen molar-refractivity contribution in [2.75, 3.05) is 24.6 Å². The summed E-state index contributed by atoms with van der Waals surface area (Å²) < 4.78 is 103. The molecule has 0 amide bonds. The van der Waals surface area contributed by atoms with Crippen LogP contribution in [0.3, 0.4) is 0 Å². The summed E-state index contributed by atoms with van der Waals surface area (Å²) >= 11 is 0. The normalized spacial score (nSPS) is 13.6. The smallest absolute Gasteiger partial charge is 0.475 e. The minimum atomic E-state index is -5.08. The van der Waals surface area contributed by atoms with Crippen molar-refractivity contribution in [1.29, 1.82) is 0 Å². The third-order valence-electron chi connectivity index (χ3n) is 5.91. The van der Waals surface area contributed by atoms with Gasteiger partial charge in [-0.1, -0.05) is 0 Å². The molecule has 1 aliphatic heterocycles. The predicted octanol–water partition coefficient (Wildman–Crippen LogP) is 4.74. The highest BCUT2D eigenvalue weighted by Gasteiger charge is 2.39. The van der Waals surface area contributed by atoms with Crippen LogP contribution in [-0.2, 0) is 14.4 Å².